The molecule has 1 aliphatic heterocycles. The number of Topliss-reactive ketones (excluding diaryl/α,β-unsaturated/α-hetero) is 2. The number of nitrogens with zero attached hydrogens (tertiary/aromatic N) is 3. The van der Waals surface area contributed by atoms with Crippen LogP contribution >= 0.6 is 11.6 Å². The van der Waals surface area contributed by atoms with Crippen molar-refractivity contribution >= 4 is 40.5 Å². The van der Waals surface area contributed by atoms with E-state index in [1.807, 2.05) is 4.90 Å². The van der Waals surface area contributed by atoms with E-state index in [4.69, 9.17) is 21.1 Å². The largest absolute Gasteiger partial charge is 0.493 e. The van der Waals surface area contributed by atoms with E-state index in [9.17, 15) is 39.7 Å². The molecule has 3 aliphatic rings. The monoisotopic (exact) mass is 611 g/mol. The number of aliphatic carboxylic acids is 1. The quantitative estimate of drug-likeness (QED) is 0.265. The van der Waals surface area contributed by atoms with Crippen LogP contribution in [0.25, 0.3) is 0 Å². The zero-order valence-electron chi connectivity index (χ0n) is 23.0. The Morgan fingerprint density at radius 3 is 2.14 bits per heavy atom. The number of benzene rings is 2. The first kappa shape index (κ1) is 29.7. The summed E-state index contributed by atoms with van der Waals surface area (Å²) in [5, 5.41) is 32.1. The molecular formula is C29H26ClN3O10. The summed E-state index contributed by atoms with van der Waals surface area (Å²) in [6.07, 6.45) is 2.64. The van der Waals surface area contributed by atoms with Gasteiger partial charge in [0.1, 0.15) is 0 Å². The first-order chi connectivity index (χ1) is 20.5. The van der Waals surface area contributed by atoms with Crippen LogP contribution in [-0.2, 0) is 14.4 Å². The van der Waals surface area contributed by atoms with Crippen LogP contribution in [0.1, 0.15) is 56.4 Å². The van der Waals surface area contributed by atoms with Gasteiger partial charge in [0, 0.05) is 53.9 Å². The lowest BCUT2D eigenvalue weighted by Gasteiger charge is -2.44. The number of methoxy groups -OCH3 is 1. The van der Waals surface area contributed by atoms with Crippen molar-refractivity contribution in [1.29, 1.82) is 0 Å². The number of carbonyl (C=O) groups excluding carboxylic acids is 2. The van der Waals surface area contributed by atoms with Gasteiger partial charge in [-0.25, -0.2) is 0 Å². The van der Waals surface area contributed by atoms with Gasteiger partial charge in [0.15, 0.2) is 23.1 Å². The molecule has 0 radical (unpaired) electrons. The molecule has 2 aliphatic carbocycles. The van der Waals surface area contributed by atoms with E-state index in [0.717, 1.165) is 18.2 Å². The number of carboxylic acids is 1. The molecule has 0 unspecified atom stereocenters. The summed E-state index contributed by atoms with van der Waals surface area (Å²) < 4.78 is 11.3. The smallest absolute Gasteiger partial charge is 0.318 e. The minimum absolute atomic E-state index is 0.0360. The molecule has 0 fully saturated rings. The second kappa shape index (κ2) is 11.8. The van der Waals surface area contributed by atoms with Crippen LogP contribution in [0.4, 0.5) is 11.4 Å². The molecule has 2 aromatic carbocycles. The summed E-state index contributed by atoms with van der Waals surface area (Å²) in [7, 11) is 1.33. The summed E-state index contributed by atoms with van der Waals surface area (Å²) in [6, 6.07) is 5.97. The predicted molar refractivity (Wildman–Crippen MR) is 151 cm³/mol. The number of rotatable bonds is 9. The Morgan fingerprint density at radius 1 is 0.977 bits per heavy atom. The number of hydrogen-bond donors (Lipinski definition) is 1. The van der Waals surface area contributed by atoms with E-state index in [2.05, 4.69) is 0 Å². The molecule has 2 aromatic rings. The van der Waals surface area contributed by atoms with Gasteiger partial charge in [0.2, 0.25) is 5.75 Å². The van der Waals surface area contributed by atoms with Crippen molar-refractivity contribution in [2.75, 3.05) is 13.7 Å². The minimum atomic E-state index is -0.990. The highest BCUT2D eigenvalue weighted by atomic mass is 35.5. The number of hydrogen-bond acceptors (Lipinski definition) is 10. The molecule has 1 heterocycles. The third-order valence-corrected chi connectivity index (χ3v) is 8.06. The number of carboxylic acid groups (broad SMARTS) is 1. The number of halogens is 1. The van der Waals surface area contributed by atoms with Gasteiger partial charge in [0.05, 0.1) is 34.5 Å². The molecule has 5 rings (SSSR count). The third-order valence-electron chi connectivity index (χ3n) is 7.78. The predicted octanol–water partition coefficient (Wildman–Crippen LogP) is 5.85. The Balaban J connectivity index is 1.64. The summed E-state index contributed by atoms with van der Waals surface area (Å²) >= 11 is 6.67. The van der Waals surface area contributed by atoms with Gasteiger partial charge >= 0.3 is 11.7 Å². The molecule has 0 aromatic heterocycles. The molecule has 0 spiro atoms. The van der Waals surface area contributed by atoms with Crippen molar-refractivity contribution in [3.8, 4) is 17.2 Å². The maximum Gasteiger partial charge on any atom is 0.318 e. The Bertz CT molecular complexity index is 1600. The van der Waals surface area contributed by atoms with Gasteiger partial charge in [-0.2, -0.15) is 0 Å². The fraction of sp³-hybridized carbons (Fsp3) is 0.345. The molecule has 43 heavy (non-hydrogen) atoms. The van der Waals surface area contributed by atoms with Gasteiger partial charge in [-0.1, -0.05) is 11.6 Å². The highest BCUT2D eigenvalue weighted by Gasteiger charge is 2.43. The van der Waals surface area contributed by atoms with Crippen LogP contribution in [-0.4, -0.2) is 51.0 Å². The van der Waals surface area contributed by atoms with Gasteiger partial charge in [-0.3, -0.25) is 34.6 Å². The highest BCUT2D eigenvalue weighted by molar-refractivity contribution is 6.32. The average molecular weight is 612 g/mol. The van der Waals surface area contributed by atoms with E-state index in [-0.39, 0.29) is 59.6 Å². The number of nitro groups is 2. The molecule has 0 amide bonds. The van der Waals surface area contributed by atoms with E-state index in [0.29, 0.717) is 53.8 Å². The van der Waals surface area contributed by atoms with Crippen molar-refractivity contribution in [2.45, 2.75) is 50.9 Å². The Kier molecular flexibility index (Phi) is 8.18. The fourth-order valence-electron chi connectivity index (χ4n) is 5.99. The van der Waals surface area contributed by atoms with Gasteiger partial charge in [0.25, 0.3) is 5.69 Å². The molecule has 0 saturated carbocycles. The van der Waals surface area contributed by atoms with Crippen LogP contribution in [0.15, 0.2) is 52.9 Å². The van der Waals surface area contributed by atoms with Crippen LogP contribution in [0.3, 0.4) is 0 Å². The molecule has 0 saturated heterocycles. The van der Waals surface area contributed by atoms with Crippen molar-refractivity contribution in [3.05, 3.63) is 83.7 Å². The maximum absolute atomic E-state index is 13.5. The lowest BCUT2D eigenvalue weighted by molar-refractivity contribution is -0.394. The van der Waals surface area contributed by atoms with E-state index in [1.54, 1.807) is 6.07 Å². The van der Waals surface area contributed by atoms with E-state index in [1.165, 1.54) is 13.2 Å². The van der Waals surface area contributed by atoms with Crippen LogP contribution in [0, 0.1) is 20.2 Å². The number of ketones is 2. The van der Waals surface area contributed by atoms with Crippen LogP contribution in [0.2, 0.25) is 5.02 Å². The standard InChI is InChI=1S/C29H26ClN3O10/c1-42-24-13-15(12-17(30)29(24)43-23-9-8-16(32(38)39)14-20(23)33(40)41)26-27-18(4-2-6-21(27)34)31(11-10-25(36)37)19-5-3-7-22(35)28(19)26/h8-9,12-14,26H,2-7,10-11H2,1H3,(H,36,37). The Morgan fingerprint density at radius 2 is 1.60 bits per heavy atom. The molecule has 0 bridgehead atoms. The molecule has 13 nitrogen and oxygen atoms in total. The molecule has 1 N–H and O–H groups in total. The first-order valence-electron chi connectivity index (χ1n) is 13.5. The second-order valence-electron chi connectivity index (χ2n) is 10.3. The Labute approximate surface area is 249 Å². The van der Waals surface area contributed by atoms with Gasteiger partial charge in [-0.05, 0) is 49.4 Å². The van der Waals surface area contributed by atoms with Crippen molar-refractivity contribution in [3.63, 3.8) is 0 Å². The second-order valence-corrected chi connectivity index (χ2v) is 10.7. The Hall–Kier alpha value is -4.78. The SMILES string of the molecule is COc1cc(C2C3=C(CCCC3=O)N(CCC(=O)O)C3=C2C(=O)CCC3)cc(Cl)c1Oc1ccc([N+](=O)[O-])cc1[N+](=O)[O-]. The van der Waals surface area contributed by atoms with Crippen molar-refractivity contribution < 1.29 is 38.8 Å². The van der Waals surface area contributed by atoms with Gasteiger partial charge < -0.3 is 19.5 Å². The zero-order valence-corrected chi connectivity index (χ0v) is 23.7. The van der Waals surface area contributed by atoms with Crippen LogP contribution < -0.4 is 9.47 Å². The summed E-state index contributed by atoms with van der Waals surface area (Å²) in [6.45, 7) is 0.130. The van der Waals surface area contributed by atoms with Gasteiger partial charge in [-0.15, -0.1) is 0 Å². The highest BCUT2D eigenvalue weighted by Crippen LogP contribution is 2.52. The lowest BCUT2D eigenvalue weighted by Crippen LogP contribution is -2.39. The average Bonchev–Trinajstić information content (AvgIpc) is 2.96. The molecule has 0 atom stereocenters. The number of carbonyl (C=O) groups is 3. The third kappa shape index (κ3) is 5.55. The number of ether oxygens (including phenoxy) is 2. The molecule has 224 valence electrons. The number of non-ortho nitro benzene ring substituents is 1. The summed E-state index contributed by atoms with van der Waals surface area (Å²) in [5.74, 6) is -2.41. The first-order valence-corrected chi connectivity index (χ1v) is 13.9. The molecular weight excluding hydrogens is 586 g/mol. The van der Waals surface area contributed by atoms with Crippen LogP contribution in [0.5, 0.6) is 17.2 Å². The normalized spacial score (nSPS) is 17.0. The zero-order chi connectivity index (χ0) is 31.0. The fourth-order valence-corrected chi connectivity index (χ4v) is 6.25. The topological polar surface area (TPSA) is 179 Å². The number of allylic oxidation sites excluding steroid dienone is 4. The summed E-state index contributed by atoms with van der Waals surface area (Å²) in [5.41, 5.74) is 1.56. The van der Waals surface area contributed by atoms with E-state index < -0.39 is 33.1 Å². The summed E-state index contributed by atoms with van der Waals surface area (Å²) in [4.78, 5) is 61.4. The number of nitro benzene ring substituents is 2. The maximum atomic E-state index is 13.5. The lowest BCUT2D eigenvalue weighted by atomic mass is 9.71. The minimum Gasteiger partial charge on any atom is -0.493 e. The van der Waals surface area contributed by atoms with Crippen molar-refractivity contribution in [1.82, 2.24) is 4.90 Å². The van der Waals surface area contributed by atoms with E-state index >= 15 is 0 Å². The van der Waals surface area contributed by atoms with Crippen molar-refractivity contribution in [2.24, 2.45) is 0 Å². The molecule has 14 heteroatoms.